The maximum atomic E-state index is 14.4. The van der Waals surface area contributed by atoms with Crippen molar-refractivity contribution in [1.29, 1.82) is 0 Å². The van der Waals surface area contributed by atoms with Gasteiger partial charge in [-0.05, 0) is 62.2 Å². The molecule has 3 aromatic rings. The van der Waals surface area contributed by atoms with Crippen molar-refractivity contribution < 1.29 is 52.4 Å². The van der Waals surface area contributed by atoms with Gasteiger partial charge < -0.3 is 9.80 Å². The fourth-order valence-corrected chi connectivity index (χ4v) is 8.12. The molecule has 18 heteroatoms. The summed E-state index contributed by atoms with van der Waals surface area (Å²) in [5.74, 6) is -1.62. The van der Waals surface area contributed by atoms with Crippen LogP contribution in [0.25, 0.3) is 11.1 Å². The van der Waals surface area contributed by atoms with E-state index in [1.165, 1.54) is 23.6 Å². The molecule has 274 valence electrons. The highest BCUT2D eigenvalue weighted by Crippen LogP contribution is 2.42. The summed E-state index contributed by atoms with van der Waals surface area (Å²) >= 11 is 0. The number of likely N-dealkylation sites (N-methyl/N-ethyl adjacent to an activating group) is 2. The van der Waals surface area contributed by atoms with Gasteiger partial charge in [0.25, 0.3) is 0 Å². The number of carbonyl (C=O) groups is 1. The van der Waals surface area contributed by atoms with Crippen LogP contribution in [-0.4, -0.2) is 77.3 Å². The number of hydrogen-bond donors (Lipinski definition) is 0. The molecule has 0 aliphatic carbocycles. The van der Waals surface area contributed by atoms with Crippen LogP contribution in [0, 0.1) is 5.82 Å². The minimum Gasteiger partial charge on any atom is -0.355 e. The number of sulfonamides is 1. The van der Waals surface area contributed by atoms with Crippen molar-refractivity contribution in [2.75, 3.05) is 49.0 Å². The zero-order valence-electron chi connectivity index (χ0n) is 27.8. The molecule has 0 unspecified atom stereocenters. The van der Waals surface area contributed by atoms with Crippen molar-refractivity contribution in [2.45, 2.75) is 55.9 Å². The maximum absolute atomic E-state index is 14.4. The van der Waals surface area contributed by atoms with Gasteiger partial charge in [-0.15, -0.1) is 0 Å². The zero-order chi connectivity index (χ0) is 37.8. The SMILES string of the molecule is CCN([C@@H]1CCN(c2cc(-c3ccc(F)cc3S(C)(=O)=O)c(N(C)C(=O)C(C)(C)c3cc(C(F)(F)F)cc(C(F)(F)F)c3)cn2)C1)S(C)(=O)=O. The highest BCUT2D eigenvalue weighted by atomic mass is 32.2. The molecule has 0 bridgehead atoms. The smallest absolute Gasteiger partial charge is 0.355 e. The molecule has 9 nitrogen and oxygen atoms in total. The van der Waals surface area contributed by atoms with Crippen LogP contribution in [0.2, 0.25) is 0 Å². The van der Waals surface area contributed by atoms with Gasteiger partial charge in [0.05, 0.1) is 39.6 Å². The summed E-state index contributed by atoms with van der Waals surface area (Å²) in [5.41, 5.74) is -5.94. The minimum absolute atomic E-state index is 0.0287. The summed E-state index contributed by atoms with van der Waals surface area (Å²) in [5, 5.41) is 0. The first kappa shape index (κ1) is 39.0. The van der Waals surface area contributed by atoms with Crippen molar-refractivity contribution in [3.8, 4) is 11.1 Å². The Morgan fingerprint density at radius 3 is 1.96 bits per heavy atom. The lowest BCUT2D eigenvalue weighted by Gasteiger charge is -2.32. The van der Waals surface area contributed by atoms with E-state index >= 15 is 0 Å². The molecule has 1 saturated heterocycles. The maximum Gasteiger partial charge on any atom is 0.416 e. The zero-order valence-corrected chi connectivity index (χ0v) is 29.4. The second-order valence-corrected chi connectivity index (χ2v) is 16.5. The second-order valence-electron chi connectivity index (χ2n) is 12.6. The summed E-state index contributed by atoms with van der Waals surface area (Å²) in [7, 11) is -6.47. The number of amides is 1. The molecule has 1 amide bonds. The minimum atomic E-state index is -5.16. The van der Waals surface area contributed by atoms with E-state index in [1.807, 2.05) is 0 Å². The van der Waals surface area contributed by atoms with Gasteiger partial charge in [-0.3, -0.25) is 4.79 Å². The molecule has 2 aromatic carbocycles. The molecule has 1 fully saturated rings. The number of halogens is 7. The third-order valence-corrected chi connectivity index (χ3v) is 11.2. The second kappa shape index (κ2) is 13.4. The lowest BCUT2D eigenvalue weighted by Crippen LogP contribution is -2.42. The Balaban J connectivity index is 1.88. The van der Waals surface area contributed by atoms with Crippen molar-refractivity contribution in [3.63, 3.8) is 0 Å². The Kier molecular flexibility index (Phi) is 10.5. The van der Waals surface area contributed by atoms with E-state index in [0.29, 0.717) is 25.1 Å². The molecular formula is C32H35F7N4O5S2. The van der Waals surface area contributed by atoms with Gasteiger partial charge >= 0.3 is 12.4 Å². The number of pyridine rings is 1. The summed E-state index contributed by atoms with van der Waals surface area (Å²) < 4.78 is 148. The van der Waals surface area contributed by atoms with Gasteiger partial charge in [0.15, 0.2) is 9.84 Å². The highest BCUT2D eigenvalue weighted by Gasteiger charge is 2.42. The lowest BCUT2D eigenvalue weighted by atomic mass is 9.81. The number of carbonyl (C=O) groups excluding carboxylic acids is 1. The number of nitrogens with zero attached hydrogens (tertiary/aromatic N) is 4. The molecule has 0 saturated carbocycles. The van der Waals surface area contributed by atoms with E-state index < -0.39 is 77.0 Å². The third-order valence-electron chi connectivity index (χ3n) is 8.64. The van der Waals surface area contributed by atoms with Gasteiger partial charge in [0.2, 0.25) is 15.9 Å². The van der Waals surface area contributed by atoms with E-state index in [9.17, 15) is 52.4 Å². The fourth-order valence-electron chi connectivity index (χ4n) is 6.03. The first-order chi connectivity index (χ1) is 22.8. The predicted octanol–water partition coefficient (Wildman–Crippen LogP) is 6.13. The molecule has 2 heterocycles. The summed E-state index contributed by atoms with van der Waals surface area (Å²) in [6.45, 7) is 4.73. The van der Waals surface area contributed by atoms with Crippen LogP contribution in [0.1, 0.15) is 43.9 Å². The Morgan fingerprint density at radius 1 is 0.900 bits per heavy atom. The number of rotatable bonds is 9. The predicted molar refractivity (Wildman–Crippen MR) is 173 cm³/mol. The fraction of sp³-hybridized carbons (Fsp3) is 0.438. The van der Waals surface area contributed by atoms with Crippen LogP contribution in [0.4, 0.5) is 42.2 Å². The van der Waals surface area contributed by atoms with E-state index in [-0.39, 0.29) is 41.8 Å². The molecule has 0 N–H and O–H groups in total. The number of anilines is 2. The Labute approximate surface area is 285 Å². The average molecular weight is 753 g/mol. The summed E-state index contributed by atoms with van der Waals surface area (Å²) in [4.78, 5) is 20.7. The first-order valence-electron chi connectivity index (χ1n) is 15.1. The van der Waals surface area contributed by atoms with Crippen LogP contribution in [0.15, 0.2) is 53.6 Å². The van der Waals surface area contributed by atoms with Crippen molar-refractivity contribution in [3.05, 3.63) is 71.2 Å². The molecule has 1 aromatic heterocycles. The van der Waals surface area contributed by atoms with Crippen molar-refractivity contribution >= 4 is 37.3 Å². The van der Waals surface area contributed by atoms with Crippen LogP contribution < -0.4 is 9.80 Å². The van der Waals surface area contributed by atoms with Gasteiger partial charge in [0.1, 0.15) is 11.6 Å². The van der Waals surface area contributed by atoms with Crippen molar-refractivity contribution in [2.24, 2.45) is 0 Å². The van der Waals surface area contributed by atoms with E-state index in [2.05, 4.69) is 4.98 Å². The molecule has 0 radical (unpaired) electrons. The lowest BCUT2D eigenvalue weighted by molar-refractivity contribution is -0.143. The van der Waals surface area contributed by atoms with Crippen LogP contribution in [-0.2, 0) is 42.4 Å². The third kappa shape index (κ3) is 8.07. The topological polar surface area (TPSA) is 108 Å². The molecule has 50 heavy (non-hydrogen) atoms. The Morgan fingerprint density at radius 2 is 1.46 bits per heavy atom. The molecule has 1 aliphatic rings. The normalized spacial score (nSPS) is 16.3. The van der Waals surface area contributed by atoms with Gasteiger partial charge in [-0.2, -0.15) is 30.6 Å². The monoisotopic (exact) mass is 752 g/mol. The molecule has 0 spiro atoms. The number of benzene rings is 2. The highest BCUT2D eigenvalue weighted by molar-refractivity contribution is 7.90. The van der Waals surface area contributed by atoms with Gasteiger partial charge in [-0.25, -0.2) is 26.2 Å². The quantitative estimate of drug-likeness (QED) is 0.242. The first-order valence-corrected chi connectivity index (χ1v) is 18.8. The summed E-state index contributed by atoms with van der Waals surface area (Å²) in [6, 6.07) is 4.80. The number of hydrogen-bond acceptors (Lipinski definition) is 7. The Hall–Kier alpha value is -3.77. The average Bonchev–Trinajstić information content (AvgIpc) is 3.47. The van der Waals surface area contributed by atoms with E-state index in [0.717, 1.165) is 49.5 Å². The molecule has 1 atom stereocenters. The van der Waals surface area contributed by atoms with Gasteiger partial charge in [0, 0.05) is 50.1 Å². The van der Waals surface area contributed by atoms with E-state index in [4.69, 9.17) is 0 Å². The Bertz CT molecular complexity index is 1990. The molecular weight excluding hydrogens is 717 g/mol. The number of alkyl halides is 6. The number of aromatic nitrogens is 1. The van der Waals surface area contributed by atoms with E-state index in [1.54, 1.807) is 11.8 Å². The van der Waals surface area contributed by atoms with Crippen LogP contribution >= 0.6 is 0 Å². The number of sulfone groups is 1. The largest absolute Gasteiger partial charge is 0.416 e. The van der Waals surface area contributed by atoms with Crippen molar-refractivity contribution in [1.82, 2.24) is 9.29 Å². The van der Waals surface area contributed by atoms with Gasteiger partial charge in [-0.1, -0.05) is 13.0 Å². The summed E-state index contributed by atoms with van der Waals surface area (Å²) in [6.07, 6.45) is -6.79. The molecule has 1 aliphatic heterocycles. The van der Waals surface area contributed by atoms with Crippen LogP contribution in [0.3, 0.4) is 0 Å². The standard InChI is InChI=1S/C32H35F7N4O5S2/c1-7-43(50(6,47)48)23-10-11-42(18-23)28-16-25(24-9-8-22(33)15-27(24)49(5,45)46)26(17-40-28)41(4)29(44)30(2,3)19-12-20(31(34,35)36)14-21(13-19)32(37,38)39/h8-9,12-17,23H,7,10-11,18H2,1-6H3/t23-/m1/s1. The molecule has 4 rings (SSSR count). The van der Waals surface area contributed by atoms with Crippen LogP contribution in [0.5, 0.6) is 0 Å².